The van der Waals surface area contributed by atoms with E-state index in [1.165, 1.54) is 0 Å². The number of ether oxygens (including phenoxy) is 4. The van der Waals surface area contributed by atoms with Gasteiger partial charge < -0.3 is 18.9 Å². The van der Waals surface area contributed by atoms with E-state index in [1.807, 2.05) is 39.0 Å². The molecule has 2 atom stereocenters. The molecule has 9 heteroatoms. The van der Waals surface area contributed by atoms with Crippen molar-refractivity contribution in [2.75, 3.05) is 53.8 Å². The molecular formula is C20H36NO7P. The van der Waals surface area contributed by atoms with E-state index in [-0.39, 0.29) is 25.7 Å². The summed E-state index contributed by atoms with van der Waals surface area (Å²) in [6, 6.07) is 5.63. The van der Waals surface area contributed by atoms with Crippen LogP contribution in [0.15, 0.2) is 18.2 Å². The fourth-order valence-corrected chi connectivity index (χ4v) is 4.06. The van der Waals surface area contributed by atoms with Gasteiger partial charge in [-0.15, -0.1) is 0 Å². The molecule has 0 spiro atoms. The molecule has 0 fully saturated rings. The maximum atomic E-state index is 12.8. The fourth-order valence-electron chi connectivity index (χ4n) is 2.61. The number of hydrogen-bond donors (Lipinski definition) is 1. The maximum Gasteiger partial charge on any atom is 0.405 e. The van der Waals surface area contributed by atoms with Gasteiger partial charge in [-0.2, -0.15) is 0 Å². The summed E-state index contributed by atoms with van der Waals surface area (Å²) in [6.07, 6.45) is -0.416. The number of rotatable bonds is 16. The minimum Gasteiger partial charge on any atom is -0.491 e. The molecule has 0 saturated carbocycles. The Kier molecular flexibility index (Phi) is 12.7. The first-order valence-corrected chi connectivity index (χ1v) is 11.4. The van der Waals surface area contributed by atoms with E-state index >= 15 is 0 Å². The van der Waals surface area contributed by atoms with Crippen molar-refractivity contribution in [3.63, 3.8) is 0 Å². The zero-order chi connectivity index (χ0) is 21.7. The van der Waals surface area contributed by atoms with Gasteiger partial charge in [0.05, 0.1) is 19.8 Å². The van der Waals surface area contributed by atoms with Gasteiger partial charge in [-0.1, -0.05) is 13.0 Å². The number of benzene rings is 1. The van der Waals surface area contributed by atoms with Gasteiger partial charge in [-0.05, 0) is 44.4 Å². The third kappa shape index (κ3) is 9.57. The van der Waals surface area contributed by atoms with Crippen LogP contribution < -0.4 is 9.82 Å². The molecule has 0 aliphatic carbocycles. The fraction of sp³-hybridized carbons (Fsp3) is 0.700. The van der Waals surface area contributed by atoms with Crippen LogP contribution in [0.5, 0.6) is 5.75 Å². The summed E-state index contributed by atoms with van der Waals surface area (Å²) in [6.45, 7) is 10.0. The van der Waals surface area contributed by atoms with Crippen molar-refractivity contribution in [1.29, 1.82) is 0 Å². The number of methoxy groups -OCH3 is 2. The first kappa shape index (κ1) is 26.0. The molecule has 1 aromatic carbocycles. The van der Waals surface area contributed by atoms with Crippen molar-refractivity contribution in [2.45, 2.75) is 34.0 Å². The molecule has 1 aromatic rings. The molecule has 0 aliphatic heterocycles. The highest BCUT2D eigenvalue weighted by atomic mass is 31.2. The second-order valence-corrected chi connectivity index (χ2v) is 8.37. The van der Waals surface area contributed by atoms with Gasteiger partial charge in [-0.25, -0.2) is 9.65 Å². The van der Waals surface area contributed by atoms with Gasteiger partial charge in [0, 0.05) is 32.9 Å². The number of aryl methyl sites for hydroxylation is 1. The minimum atomic E-state index is -3.38. The van der Waals surface area contributed by atoms with Crippen LogP contribution in [0.25, 0.3) is 0 Å². The second kappa shape index (κ2) is 14.1. The molecule has 0 aromatic heterocycles. The molecule has 2 unspecified atom stereocenters. The number of hydrogen-bond acceptors (Lipinski definition) is 7. The smallest absolute Gasteiger partial charge is 0.405 e. The summed E-state index contributed by atoms with van der Waals surface area (Å²) >= 11 is 0. The monoisotopic (exact) mass is 433 g/mol. The van der Waals surface area contributed by atoms with Crippen molar-refractivity contribution in [3.05, 3.63) is 29.3 Å². The molecule has 0 aliphatic rings. The minimum absolute atomic E-state index is 0.129. The third-order valence-electron chi connectivity index (χ3n) is 4.08. The highest BCUT2D eigenvalue weighted by Gasteiger charge is 2.24. The quantitative estimate of drug-likeness (QED) is 0.237. The maximum absolute atomic E-state index is 12.8. The highest BCUT2D eigenvalue weighted by molar-refractivity contribution is 7.51. The van der Waals surface area contributed by atoms with Crippen LogP contribution in [-0.2, 0) is 27.8 Å². The van der Waals surface area contributed by atoms with E-state index < -0.39 is 14.0 Å². The molecule has 8 nitrogen and oxygen atoms in total. The van der Waals surface area contributed by atoms with Crippen LogP contribution in [-0.4, -0.2) is 53.8 Å². The van der Waals surface area contributed by atoms with Crippen molar-refractivity contribution < 1.29 is 32.6 Å². The molecule has 0 radical (unpaired) electrons. The summed E-state index contributed by atoms with van der Waals surface area (Å²) in [5.74, 6) is 0.874. The summed E-state index contributed by atoms with van der Waals surface area (Å²) in [5, 5.41) is 2.89. The zero-order valence-corrected chi connectivity index (χ0v) is 19.3. The lowest BCUT2D eigenvalue weighted by molar-refractivity contribution is -0.106. The topological polar surface area (TPSA) is 84.5 Å². The summed E-state index contributed by atoms with van der Waals surface area (Å²) in [4.78, 5) is 0. The summed E-state index contributed by atoms with van der Waals surface area (Å²) < 4.78 is 45.2. The van der Waals surface area contributed by atoms with Crippen LogP contribution in [0.3, 0.4) is 0 Å². The Labute approximate surface area is 174 Å². The van der Waals surface area contributed by atoms with Crippen LogP contribution in [0, 0.1) is 12.8 Å². The van der Waals surface area contributed by atoms with Gasteiger partial charge in [0.2, 0.25) is 0 Å². The van der Waals surface area contributed by atoms with Crippen LogP contribution in [0.4, 0.5) is 0 Å². The predicted octanol–water partition coefficient (Wildman–Crippen LogP) is 4.09. The predicted molar refractivity (Wildman–Crippen MR) is 112 cm³/mol. The van der Waals surface area contributed by atoms with E-state index in [0.717, 1.165) is 11.1 Å². The average Bonchev–Trinajstić information content (AvgIpc) is 2.70. The molecule has 29 heavy (non-hydrogen) atoms. The Bertz CT molecular complexity index is 625. The highest BCUT2D eigenvalue weighted by Crippen LogP contribution is 2.43. The van der Waals surface area contributed by atoms with Crippen LogP contribution in [0.1, 0.15) is 38.2 Å². The Morgan fingerprint density at radius 3 is 2.38 bits per heavy atom. The average molecular weight is 433 g/mol. The molecule has 0 saturated heterocycles. The lowest BCUT2D eigenvalue weighted by Gasteiger charge is -2.21. The van der Waals surface area contributed by atoms with Crippen molar-refractivity contribution in [2.24, 2.45) is 5.92 Å². The third-order valence-corrected chi connectivity index (χ3v) is 5.77. The molecular weight excluding hydrogens is 397 g/mol. The van der Waals surface area contributed by atoms with E-state index in [0.29, 0.717) is 25.5 Å². The van der Waals surface area contributed by atoms with Crippen molar-refractivity contribution >= 4 is 7.75 Å². The van der Waals surface area contributed by atoms with Gasteiger partial charge in [0.15, 0.2) is 6.29 Å². The van der Waals surface area contributed by atoms with Crippen LogP contribution in [0.2, 0.25) is 0 Å². The summed E-state index contributed by atoms with van der Waals surface area (Å²) in [5.41, 5.74) is 1.92. The lowest BCUT2D eigenvalue weighted by Crippen LogP contribution is -2.24. The normalized spacial score (nSPS) is 14.7. The second-order valence-electron chi connectivity index (χ2n) is 6.55. The Balaban J connectivity index is 2.50. The first-order valence-electron chi connectivity index (χ1n) is 9.90. The van der Waals surface area contributed by atoms with Gasteiger partial charge in [0.25, 0.3) is 0 Å². The largest absolute Gasteiger partial charge is 0.491 e. The summed E-state index contributed by atoms with van der Waals surface area (Å²) in [7, 11) is -0.194. The Morgan fingerprint density at radius 2 is 1.79 bits per heavy atom. The molecule has 168 valence electrons. The van der Waals surface area contributed by atoms with Gasteiger partial charge in [-0.3, -0.25) is 9.05 Å². The molecule has 1 N–H and O–H groups in total. The molecule has 0 heterocycles. The molecule has 0 amide bonds. The van der Waals surface area contributed by atoms with E-state index in [4.69, 9.17) is 28.0 Å². The van der Waals surface area contributed by atoms with E-state index in [1.54, 1.807) is 21.1 Å². The van der Waals surface area contributed by atoms with Gasteiger partial charge >= 0.3 is 7.75 Å². The number of nitrogens with one attached hydrogen (secondary N) is 1. The van der Waals surface area contributed by atoms with Crippen LogP contribution >= 0.6 is 7.75 Å². The van der Waals surface area contributed by atoms with E-state index in [9.17, 15) is 4.57 Å². The first-order chi connectivity index (χ1) is 13.9. The van der Waals surface area contributed by atoms with Crippen molar-refractivity contribution in [1.82, 2.24) is 5.09 Å². The Morgan fingerprint density at radius 1 is 1.07 bits per heavy atom. The molecule has 0 bridgehead atoms. The van der Waals surface area contributed by atoms with E-state index in [2.05, 4.69) is 5.09 Å². The lowest BCUT2D eigenvalue weighted by atomic mass is 10.1. The standard InChI is InChI=1S/C20H36NO7P/c1-7-25-15-16(3)14-21-29(22,27-8-2)28-12-11-26-18-9-10-19(17(4)13-18)20(23-5)24-6/h9-10,13,16,20H,7-8,11-12,14-15H2,1-6H3,(H,21,22). The Hall–Kier alpha value is -0.990. The zero-order valence-electron chi connectivity index (χ0n) is 18.4. The SMILES string of the molecule is CCOCC(C)CNP(=O)(OCC)OCCOc1ccc(C(OC)OC)c(C)c1. The van der Waals surface area contributed by atoms with Crippen molar-refractivity contribution in [3.8, 4) is 5.75 Å². The van der Waals surface area contributed by atoms with Gasteiger partial charge in [0.1, 0.15) is 12.4 Å². The molecule has 1 rings (SSSR count).